The molecule has 10 aliphatic heterocycles. The standard InChI is InChI=1S/C58H78O14/c1-33-35(3)58(29-40(32-63-58)61-30-37-13-7-5-8-14-37)72-57-55(62-31-38-15-9-6-10-16-38)34(2)54-53(71-56(33)57)28-52-43(70-54)18-11-17-42-50(69-52)27-51-46(66-42)23-22-45-48(68-51)25-39(64-36(4)59)20-21-44-49(67-45)26-47-41(65-44)19-12-24-60-47/h5-11,13-17,33-35,39-57H,12,18-32H2,1-4H3/b17-11-/t33-,34+,35-,39-,40-,41-,42+,43-,44+,45+,46-,47+,48-,49-,50-,51+,52+,53-,54+,55-,56+,57-,58+/m0/s1. The molecule has 0 unspecified atom stereocenters. The third-order valence-electron chi connectivity index (χ3n) is 18.2. The molecule has 0 saturated carbocycles. The van der Waals surface area contributed by atoms with Gasteiger partial charge in [-0.15, -0.1) is 0 Å². The molecular weight excluding hydrogens is 921 g/mol. The van der Waals surface area contributed by atoms with Crippen molar-refractivity contribution >= 4 is 5.97 Å². The lowest BCUT2D eigenvalue weighted by atomic mass is 9.75. The first-order valence-electron chi connectivity index (χ1n) is 27.8. The molecule has 12 rings (SSSR count). The summed E-state index contributed by atoms with van der Waals surface area (Å²) in [5.41, 5.74) is 2.24. The zero-order valence-electron chi connectivity index (χ0n) is 42.7. The van der Waals surface area contributed by atoms with Crippen molar-refractivity contribution < 1.29 is 66.4 Å². The van der Waals surface area contributed by atoms with Gasteiger partial charge >= 0.3 is 5.97 Å². The van der Waals surface area contributed by atoms with Gasteiger partial charge in [0.05, 0.1) is 117 Å². The highest BCUT2D eigenvalue weighted by molar-refractivity contribution is 5.66. The summed E-state index contributed by atoms with van der Waals surface area (Å²) in [7, 11) is 0. The number of rotatable bonds is 7. The molecule has 10 aliphatic rings. The first-order valence-corrected chi connectivity index (χ1v) is 27.8. The molecule has 2 aromatic carbocycles. The van der Waals surface area contributed by atoms with E-state index in [1.807, 2.05) is 24.3 Å². The molecule has 9 saturated heterocycles. The van der Waals surface area contributed by atoms with Gasteiger partial charge < -0.3 is 61.6 Å². The molecule has 0 N–H and O–H groups in total. The lowest BCUT2D eigenvalue weighted by molar-refractivity contribution is -0.341. The van der Waals surface area contributed by atoms with Gasteiger partial charge in [-0.25, -0.2) is 0 Å². The van der Waals surface area contributed by atoms with E-state index < -0.39 is 11.9 Å². The van der Waals surface area contributed by atoms with Crippen molar-refractivity contribution in [3.8, 4) is 0 Å². The van der Waals surface area contributed by atoms with E-state index in [2.05, 4.69) is 69.3 Å². The third-order valence-corrected chi connectivity index (χ3v) is 18.2. The van der Waals surface area contributed by atoms with Crippen LogP contribution in [0.2, 0.25) is 0 Å². The Labute approximate surface area is 425 Å². The van der Waals surface area contributed by atoms with Gasteiger partial charge in [0, 0.05) is 57.5 Å². The number of hydrogen-bond acceptors (Lipinski definition) is 14. The van der Waals surface area contributed by atoms with Crippen LogP contribution in [-0.2, 0) is 79.6 Å². The van der Waals surface area contributed by atoms with Crippen molar-refractivity contribution in [3.05, 3.63) is 83.9 Å². The van der Waals surface area contributed by atoms with Crippen molar-refractivity contribution in [1.82, 2.24) is 0 Å². The van der Waals surface area contributed by atoms with Crippen LogP contribution in [0, 0.1) is 17.8 Å². The fourth-order valence-corrected chi connectivity index (χ4v) is 14.3. The predicted molar refractivity (Wildman–Crippen MR) is 262 cm³/mol. The van der Waals surface area contributed by atoms with E-state index in [1.165, 1.54) is 6.92 Å². The summed E-state index contributed by atoms with van der Waals surface area (Å²) in [6.07, 6.45) is 9.56. The summed E-state index contributed by atoms with van der Waals surface area (Å²) in [6, 6.07) is 20.7. The first kappa shape index (κ1) is 50.0. The van der Waals surface area contributed by atoms with E-state index in [1.54, 1.807) is 0 Å². The molecule has 14 nitrogen and oxygen atoms in total. The van der Waals surface area contributed by atoms with Gasteiger partial charge in [0.25, 0.3) is 0 Å². The Morgan fingerprint density at radius 3 is 1.96 bits per heavy atom. The molecule has 1 spiro atoms. The normalized spacial score (nSPS) is 47.4. The number of carbonyl (C=O) groups excluding carboxylic acids is 1. The van der Waals surface area contributed by atoms with Gasteiger partial charge in [-0.3, -0.25) is 4.79 Å². The lowest BCUT2D eigenvalue weighted by Crippen LogP contribution is -2.61. The van der Waals surface area contributed by atoms with Gasteiger partial charge in [0.2, 0.25) is 0 Å². The largest absolute Gasteiger partial charge is 0.462 e. The average Bonchev–Trinajstić information content (AvgIpc) is 3.70. The highest BCUT2D eigenvalue weighted by Crippen LogP contribution is 2.52. The maximum Gasteiger partial charge on any atom is 0.302 e. The monoisotopic (exact) mass is 999 g/mol. The number of esters is 1. The zero-order chi connectivity index (χ0) is 48.9. The van der Waals surface area contributed by atoms with Crippen LogP contribution in [0.1, 0.15) is 116 Å². The number of benzene rings is 2. The van der Waals surface area contributed by atoms with Crippen molar-refractivity contribution in [2.24, 2.45) is 17.8 Å². The molecule has 72 heavy (non-hydrogen) atoms. The minimum atomic E-state index is -0.843. The van der Waals surface area contributed by atoms with Crippen LogP contribution < -0.4 is 0 Å². The Balaban J connectivity index is 0.762. The zero-order valence-corrected chi connectivity index (χ0v) is 42.7. The molecule has 0 aromatic heterocycles. The predicted octanol–water partition coefficient (Wildman–Crippen LogP) is 8.13. The van der Waals surface area contributed by atoms with Crippen LogP contribution in [0.15, 0.2) is 72.8 Å². The van der Waals surface area contributed by atoms with E-state index in [4.69, 9.17) is 61.6 Å². The molecule has 0 aliphatic carbocycles. The second-order valence-electron chi connectivity index (χ2n) is 22.9. The Bertz CT molecular complexity index is 2150. The fourth-order valence-electron chi connectivity index (χ4n) is 14.3. The molecule has 2 aromatic rings. The highest BCUT2D eigenvalue weighted by Gasteiger charge is 2.62. The molecule has 10 heterocycles. The number of hydrogen-bond donors (Lipinski definition) is 0. The Kier molecular flexibility index (Phi) is 15.0. The molecule has 0 amide bonds. The minimum absolute atomic E-state index is 0.0191. The van der Waals surface area contributed by atoms with Crippen molar-refractivity contribution in [1.29, 1.82) is 0 Å². The van der Waals surface area contributed by atoms with Crippen LogP contribution in [0.5, 0.6) is 0 Å². The average molecular weight is 999 g/mol. The Morgan fingerprint density at radius 2 is 1.19 bits per heavy atom. The van der Waals surface area contributed by atoms with Gasteiger partial charge in [0.15, 0.2) is 5.79 Å². The topological polar surface area (TPSA) is 137 Å². The number of carbonyl (C=O) groups is 1. The van der Waals surface area contributed by atoms with E-state index in [0.717, 1.165) is 56.3 Å². The minimum Gasteiger partial charge on any atom is -0.462 e. The highest BCUT2D eigenvalue weighted by atomic mass is 16.7. The van der Waals surface area contributed by atoms with Crippen LogP contribution in [0.3, 0.4) is 0 Å². The van der Waals surface area contributed by atoms with Crippen LogP contribution in [0.25, 0.3) is 0 Å². The van der Waals surface area contributed by atoms with E-state index in [9.17, 15) is 4.79 Å². The smallest absolute Gasteiger partial charge is 0.302 e. The van der Waals surface area contributed by atoms with Gasteiger partial charge in [-0.05, 0) is 62.0 Å². The van der Waals surface area contributed by atoms with Gasteiger partial charge in [-0.1, -0.05) is 93.6 Å². The SMILES string of the molecule is CC(=O)O[C@H]1CC[C@H]2O[C@H]3CCCO[C@@H]3C[C@@H]2O[C@@H]2CC[C@@H]3O[C@@H]4/C=C\C[C@@H]5O[C@@H]6[C@@H](C)[C@H](OCc7ccccc7)[C@@H]7O[C@]8(C[C@H](OCc9ccccc9)CO8)[C@@H](C)[C@H](C)[C@H]7O[C@H]6C[C@H]5O[C@H]4C[C@H]3O[C@H]2C1. The molecule has 394 valence electrons. The summed E-state index contributed by atoms with van der Waals surface area (Å²) in [6.45, 7) is 10.4. The van der Waals surface area contributed by atoms with E-state index in [-0.39, 0.29) is 134 Å². The summed E-state index contributed by atoms with van der Waals surface area (Å²) >= 11 is 0. The van der Waals surface area contributed by atoms with Gasteiger partial charge in [0.1, 0.15) is 18.3 Å². The molecule has 14 heteroatoms. The van der Waals surface area contributed by atoms with E-state index in [0.29, 0.717) is 58.3 Å². The van der Waals surface area contributed by atoms with Crippen molar-refractivity contribution in [2.45, 2.75) is 240 Å². The molecule has 0 radical (unpaired) electrons. The first-order chi connectivity index (χ1) is 35.1. The maximum absolute atomic E-state index is 12.5. The van der Waals surface area contributed by atoms with Crippen LogP contribution in [0.4, 0.5) is 0 Å². The van der Waals surface area contributed by atoms with Crippen LogP contribution in [-0.4, -0.2) is 141 Å². The molecule has 23 atom stereocenters. The molecule has 9 fully saturated rings. The lowest BCUT2D eigenvalue weighted by Gasteiger charge is -2.51. The molecule has 0 bridgehead atoms. The second-order valence-corrected chi connectivity index (χ2v) is 22.9. The van der Waals surface area contributed by atoms with Gasteiger partial charge in [-0.2, -0.15) is 0 Å². The summed E-state index contributed by atoms with van der Waals surface area (Å²) in [4.78, 5) is 12.5. The summed E-state index contributed by atoms with van der Waals surface area (Å²) < 4.78 is 89.8. The van der Waals surface area contributed by atoms with Crippen molar-refractivity contribution in [3.63, 3.8) is 0 Å². The third kappa shape index (κ3) is 10.4. The van der Waals surface area contributed by atoms with Crippen LogP contribution >= 0.6 is 0 Å². The molecular formula is C58H78O14. The Hall–Kier alpha value is -2.83. The van der Waals surface area contributed by atoms with E-state index >= 15 is 0 Å². The van der Waals surface area contributed by atoms with Crippen molar-refractivity contribution in [2.75, 3.05) is 13.2 Å². The summed E-state index contributed by atoms with van der Waals surface area (Å²) in [5.74, 6) is -1.11. The summed E-state index contributed by atoms with van der Waals surface area (Å²) in [5, 5.41) is 0. The fraction of sp³-hybridized carbons (Fsp3) is 0.741. The number of fused-ring (bicyclic) bond motifs is 8. The quantitative estimate of drug-likeness (QED) is 0.195. The Morgan fingerprint density at radius 1 is 0.583 bits per heavy atom. The second kappa shape index (κ2) is 21.7. The number of ether oxygens (including phenoxy) is 13. The maximum atomic E-state index is 12.5.